The maximum Gasteiger partial charge on any atom is 0.303 e. The summed E-state index contributed by atoms with van der Waals surface area (Å²) in [4.78, 5) is 24.7. The molecule has 7 fully saturated rings. The lowest BCUT2D eigenvalue weighted by Gasteiger charge is -2.74. The predicted molar refractivity (Wildman–Crippen MR) is 139 cm³/mol. The highest BCUT2D eigenvalue weighted by Gasteiger charge is 2.96. The van der Waals surface area contributed by atoms with Gasteiger partial charge >= 0.3 is 11.9 Å². The molecule has 6 N–H and O–H groups in total. The topological polar surface area (TPSA) is 218 Å². The van der Waals surface area contributed by atoms with Crippen LogP contribution < -0.4 is 0 Å². The molecule has 4 saturated carbocycles. The number of aliphatic hydroxyl groups is 6. The monoisotopic (exact) mass is 622 g/mol. The molecule has 1 aromatic heterocycles. The van der Waals surface area contributed by atoms with Gasteiger partial charge in [-0.15, -0.1) is 0 Å². The molecule has 4 aliphatic carbocycles. The van der Waals surface area contributed by atoms with Crippen molar-refractivity contribution in [2.24, 2.45) is 34.0 Å². The third-order valence-electron chi connectivity index (χ3n) is 13.1. The Hall–Kier alpha value is -2.14. The smallest absolute Gasteiger partial charge is 0.303 e. The number of epoxide rings is 1. The highest BCUT2D eigenvalue weighted by Crippen LogP contribution is 2.84. The lowest BCUT2D eigenvalue weighted by molar-refractivity contribution is -0.474. The maximum atomic E-state index is 12.5. The van der Waals surface area contributed by atoms with E-state index in [2.05, 4.69) is 0 Å². The van der Waals surface area contributed by atoms with E-state index >= 15 is 0 Å². The fraction of sp³-hybridized carbons (Fsp3) is 0.800. The molecule has 3 saturated heterocycles. The summed E-state index contributed by atoms with van der Waals surface area (Å²) in [5.41, 5.74) is -9.70. The van der Waals surface area contributed by atoms with Crippen LogP contribution in [-0.2, 0) is 38.9 Å². The number of rotatable bonds is 3. The van der Waals surface area contributed by atoms with E-state index < -0.39 is 112 Å². The molecule has 44 heavy (non-hydrogen) atoms. The number of carbonyl (C=O) groups is 2. The van der Waals surface area contributed by atoms with Crippen LogP contribution in [0.3, 0.4) is 0 Å². The van der Waals surface area contributed by atoms with E-state index in [1.165, 1.54) is 25.5 Å². The summed E-state index contributed by atoms with van der Waals surface area (Å²) in [6, 6.07) is 1.53. The van der Waals surface area contributed by atoms with Gasteiger partial charge in [-0.25, -0.2) is 0 Å². The van der Waals surface area contributed by atoms with Gasteiger partial charge in [0.05, 0.1) is 53.7 Å². The van der Waals surface area contributed by atoms with Gasteiger partial charge in [-0.3, -0.25) is 9.59 Å². The Morgan fingerprint density at radius 3 is 2.36 bits per heavy atom. The molecule has 3 bridgehead atoms. The Morgan fingerprint density at radius 1 is 1.02 bits per heavy atom. The van der Waals surface area contributed by atoms with Gasteiger partial charge in [-0.2, -0.15) is 0 Å². The van der Waals surface area contributed by atoms with E-state index in [-0.39, 0.29) is 25.0 Å². The first-order valence-corrected chi connectivity index (χ1v) is 15.1. The normalized spacial score (nSPS) is 59.5. The van der Waals surface area contributed by atoms with Crippen molar-refractivity contribution in [1.29, 1.82) is 0 Å². The van der Waals surface area contributed by atoms with Crippen LogP contribution in [0.2, 0.25) is 0 Å². The second-order valence-corrected chi connectivity index (χ2v) is 14.5. The zero-order valence-corrected chi connectivity index (χ0v) is 24.7. The Balaban J connectivity index is 1.35. The minimum absolute atomic E-state index is 0.0553. The minimum atomic E-state index is -2.05. The molecule has 2 unspecified atom stereocenters. The summed E-state index contributed by atoms with van der Waals surface area (Å²) in [5, 5.41) is 73.1. The van der Waals surface area contributed by atoms with Crippen LogP contribution >= 0.6 is 0 Å². The maximum absolute atomic E-state index is 12.5. The molecule has 3 aliphatic heterocycles. The molecule has 4 heterocycles. The third kappa shape index (κ3) is 2.79. The first-order chi connectivity index (χ1) is 20.6. The fourth-order valence-corrected chi connectivity index (χ4v) is 11.5. The van der Waals surface area contributed by atoms with E-state index in [1.807, 2.05) is 0 Å². The number of hydrogen-bond donors (Lipinski definition) is 6. The first kappa shape index (κ1) is 29.3. The second kappa shape index (κ2) is 8.41. The van der Waals surface area contributed by atoms with E-state index in [0.717, 1.165) is 13.8 Å². The molecule has 0 aromatic carbocycles. The van der Waals surface area contributed by atoms with E-state index in [0.29, 0.717) is 0 Å². The largest absolute Gasteiger partial charge is 0.472 e. The summed E-state index contributed by atoms with van der Waals surface area (Å²) < 4.78 is 35.3. The van der Waals surface area contributed by atoms with Crippen LogP contribution in [0.25, 0.3) is 0 Å². The van der Waals surface area contributed by atoms with Crippen LogP contribution in [0.15, 0.2) is 23.0 Å². The van der Waals surface area contributed by atoms with Gasteiger partial charge in [0.1, 0.15) is 22.9 Å². The molecule has 17 atom stereocenters. The van der Waals surface area contributed by atoms with Crippen molar-refractivity contribution in [3.63, 3.8) is 0 Å². The van der Waals surface area contributed by atoms with Crippen molar-refractivity contribution in [2.45, 2.75) is 107 Å². The summed E-state index contributed by atoms with van der Waals surface area (Å²) in [6.45, 7) is 5.05. The molecule has 0 radical (unpaired) electrons. The standard InChI is InChI=1S/C30H38O14/c1-11(31)41-18-21(35)29-14-7-15(33)27(10-40-24(29)43-23(36)25(14,3)22(18)42-12(2)32)20(29)17(34)19-26(4,37)28(38,13-5-6-39-9-13)8-16-30(19,27)44-16/h5-6,9,14-24,33-38H,7-8,10H2,1-4H3/t14-,15+,16+,17-,18+,19+,20-,21+,22+,23?,24?,25+,26+,27+,28+,29+,30+/m0/s1. The molecular formula is C30H38O14. The first-order valence-electron chi connectivity index (χ1n) is 15.1. The highest BCUT2D eigenvalue weighted by molar-refractivity contribution is 5.68. The van der Waals surface area contributed by atoms with Crippen molar-refractivity contribution < 1.29 is 68.3 Å². The van der Waals surface area contributed by atoms with Gasteiger partial charge < -0.3 is 58.7 Å². The molecule has 14 heteroatoms. The van der Waals surface area contributed by atoms with Crippen LogP contribution in [-0.4, -0.2) is 110 Å². The van der Waals surface area contributed by atoms with Crippen molar-refractivity contribution in [3.8, 4) is 0 Å². The summed E-state index contributed by atoms with van der Waals surface area (Å²) in [6.07, 6.45) is -8.57. The Labute approximate surface area is 251 Å². The number of carbonyl (C=O) groups excluding carboxylic acids is 2. The molecule has 1 aromatic rings. The SMILES string of the molecule is CC(=O)O[C@H]1[C@@H](OC(C)=O)[C@]2(C)C(O)OC3OC[C@@]45[C@H](O)C[C@@H]2[C@]3([C@@H]1O)[C@H]4[C@@H](O)[C@H]1[C@@]52O[C@@H]2C[C@@](O)(c2ccoc2)[C@]1(C)O. The summed E-state index contributed by atoms with van der Waals surface area (Å²) in [5.74, 6) is -4.77. The number of esters is 2. The van der Waals surface area contributed by atoms with Gasteiger partial charge in [0.25, 0.3) is 0 Å². The predicted octanol–water partition coefficient (Wildman–Crippen LogP) is -1.33. The molecule has 14 nitrogen and oxygen atoms in total. The zero-order valence-electron chi connectivity index (χ0n) is 24.7. The zero-order chi connectivity index (χ0) is 31.6. The number of hydrogen-bond acceptors (Lipinski definition) is 14. The Bertz CT molecular complexity index is 1410. The van der Waals surface area contributed by atoms with Crippen molar-refractivity contribution in [3.05, 3.63) is 24.2 Å². The van der Waals surface area contributed by atoms with Gasteiger partial charge in [0.2, 0.25) is 0 Å². The van der Waals surface area contributed by atoms with Gasteiger partial charge in [0, 0.05) is 37.7 Å². The average Bonchev–Trinajstić information content (AvgIpc) is 3.28. The van der Waals surface area contributed by atoms with Crippen LogP contribution in [0.5, 0.6) is 0 Å². The average molecular weight is 623 g/mol. The number of furan rings is 1. The van der Waals surface area contributed by atoms with Gasteiger partial charge in [-0.05, 0) is 25.3 Å². The second-order valence-electron chi connectivity index (χ2n) is 14.5. The minimum Gasteiger partial charge on any atom is -0.472 e. The quantitative estimate of drug-likeness (QED) is 0.170. The van der Waals surface area contributed by atoms with Crippen molar-refractivity contribution in [1.82, 2.24) is 0 Å². The van der Waals surface area contributed by atoms with Gasteiger partial charge in [0.15, 0.2) is 24.8 Å². The molecule has 242 valence electrons. The number of aliphatic hydroxyl groups excluding tert-OH is 4. The van der Waals surface area contributed by atoms with E-state index in [1.54, 1.807) is 6.92 Å². The fourth-order valence-electron chi connectivity index (χ4n) is 11.5. The highest BCUT2D eigenvalue weighted by atomic mass is 16.7. The van der Waals surface area contributed by atoms with E-state index in [4.69, 9.17) is 28.1 Å². The lowest BCUT2D eigenvalue weighted by atomic mass is 9.37. The number of ether oxygens (including phenoxy) is 5. The van der Waals surface area contributed by atoms with Crippen molar-refractivity contribution >= 4 is 11.9 Å². The van der Waals surface area contributed by atoms with Crippen LogP contribution in [0, 0.1) is 34.0 Å². The molecule has 8 rings (SSSR count). The van der Waals surface area contributed by atoms with E-state index in [9.17, 15) is 40.2 Å². The lowest BCUT2D eigenvalue weighted by Crippen LogP contribution is -2.85. The third-order valence-corrected chi connectivity index (χ3v) is 13.1. The molecule has 7 aliphatic rings. The summed E-state index contributed by atoms with van der Waals surface area (Å²) >= 11 is 0. The molecule has 2 spiro atoms. The Morgan fingerprint density at radius 2 is 1.73 bits per heavy atom. The van der Waals surface area contributed by atoms with Crippen LogP contribution in [0.4, 0.5) is 0 Å². The van der Waals surface area contributed by atoms with Crippen LogP contribution in [0.1, 0.15) is 46.1 Å². The van der Waals surface area contributed by atoms with Gasteiger partial charge in [-0.1, -0.05) is 6.92 Å². The van der Waals surface area contributed by atoms with Crippen molar-refractivity contribution in [2.75, 3.05) is 6.61 Å². The Kier molecular flexibility index (Phi) is 5.60. The summed E-state index contributed by atoms with van der Waals surface area (Å²) in [7, 11) is 0. The molecule has 0 amide bonds. The molecular weight excluding hydrogens is 584 g/mol.